The summed E-state index contributed by atoms with van der Waals surface area (Å²) in [6.07, 6.45) is 20.7. The van der Waals surface area contributed by atoms with Crippen LogP contribution in [0.1, 0.15) is 136 Å². The first-order chi connectivity index (χ1) is 15.0. The van der Waals surface area contributed by atoms with E-state index in [-0.39, 0.29) is 12.1 Å². The van der Waals surface area contributed by atoms with Crippen LogP contribution < -0.4 is 0 Å². The lowest BCUT2D eigenvalue weighted by Crippen LogP contribution is -2.35. The smallest absolute Gasteiger partial charge is 0.310 e. The SMILES string of the molecule is CCCCCCCCCCCCCCC(CC(C)C)OC(=O)C1CCCCC1C(=O)O. The summed E-state index contributed by atoms with van der Waals surface area (Å²) in [5.41, 5.74) is 0. The van der Waals surface area contributed by atoms with Crippen LogP contribution in [0.4, 0.5) is 0 Å². The third-order valence-corrected chi connectivity index (χ3v) is 6.78. The first-order valence-electron chi connectivity index (χ1n) is 13.4. The van der Waals surface area contributed by atoms with Gasteiger partial charge in [0.25, 0.3) is 0 Å². The molecule has 0 spiro atoms. The number of carbonyl (C=O) groups is 2. The molecule has 1 fully saturated rings. The first kappa shape index (κ1) is 28.0. The van der Waals surface area contributed by atoms with Crippen LogP contribution in [0.25, 0.3) is 0 Å². The van der Waals surface area contributed by atoms with Crippen LogP contribution >= 0.6 is 0 Å². The highest BCUT2D eigenvalue weighted by Crippen LogP contribution is 2.32. The number of hydrogen-bond acceptors (Lipinski definition) is 3. The third kappa shape index (κ3) is 13.2. The van der Waals surface area contributed by atoms with Crippen molar-refractivity contribution in [1.29, 1.82) is 0 Å². The average molecular weight is 439 g/mol. The van der Waals surface area contributed by atoms with Crippen LogP contribution in [0.3, 0.4) is 0 Å². The summed E-state index contributed by atoms with van der Waals surface area (Å²) in [4.78, 5) is 24.3. The standard InChI is InChI=1S/C27H50O4/c1-4-5-6-7-8-9-10-11-12-13-14-15-18-23(21-22(2)3)31-27(30)25-20-17-16-19-24(25)26(28)29/h22-25H,4-21H2,1-3H3,(H,28,29). The largest absolute Gasteiger partial charge is 0.481 e. The molecule has 0 amide bonds. The fraction of sp³-hybridized carbons (Fsp3) is 0.926. The Morgan fingerprint density at radius 3 is 1.77 bits per heavy atom. The van der Waals surface area contributed by atoms with E-state index in [2.05, 4.69) is 20.8 Å². The number of carboxylic acids is 1. The number of carboxylic acid groups (broad SMARTS) is 1. The van der Waals surface area contributed by atoms with Gasteiger partial charge >= 0.3 is 11.9 Å². The minimum absolute atomic E-state index is 0.0630. The van der Waals surface area contributed by atoms with E-state index < -0.39 is 17.8 Å². The van der Waals surface area contributed by atoms with Crippen molar-refractivity contribution in [3.05, 3.63) is 0 Å². The van der Waals surface area contributed by atoms with Crippen molar-refractivity contribution in [3.8, 4) is 0 Å². The van der Waals surface area contributed by atoms with Crippen LogP contribution in [0.5, 0.6) is 0 Å². The summed E-state index contributed by atoms with van der Waals surface area (Å²) < 4.78 is 5.88. The second-order valence-electron chi connectivity index (χ2n) is 10.2. The van der Waals surface area contributed by atoms with Gasteiger partial charge in [-0.05, 0) is 38.0 Å². The Labute approximate surface area is 191 Å². The molecule has 0 bridgehead atoms. The maximum Gasteiger partial charge on any atom is 0.310 e. The van der Waals surface area contributed by atoms with Crippen molar-refractivity contribution in [3.63, 3.8) is 0 Å². The van der Waals surface area contributed by atoms with E-state index in [4.69, 9.17) is 4.74 Å². The zero-order valence-electron chi connectivity index (χ0n) is 20.7. The molecular formula is C27H50O4. The molecule has 0 aromatic heterocycles. The Kier molecular flexibility index (Phi) is 15.8. The molecule has 1 rings (SSSR count). The van der Waals surface area contributed by atoms with E-state index in [1.807, 2.05) is 0 Å². The van der Waals surface area contributed by atoms with Crippen LogP contribution in [-0.2, 0) is 14.3 Å². The van der Waals surface area contributed by atoms with E-state index in [0.29, 0.717) is 18.8 Å². The molecule has 182 valence electrons. The Hall–Kier alpha value is -1.06. The van der Waals surface area contributed by atoms with Crippen molar-refractivity contribution in [2.24, 2.45) is 17.8 Å². The second kappa shape index (κ2) is 17.5. The lowest BCUT2D eigenvalue weighted by Gasteiger charge is -2.29. The molecule has 0 heterocycles. The molecule has 4 heteroatoms. The number of rotatable bonds is 18. The summed E-state index contributed by atoms with van der Waals surface area (Å²) in [7, 11) is 0. The maximum atomic E-state index is 12.7. The zero-order chi connectivity index (χ0) is 22.9. The summed E-state index contributed by atoms with van der Waals surface area (Å²) in [5.74, 6) is -1.66. The molecule has 4 nitrogen and oxygen atoms in total. The van der Waals surface area contributed by atoms with Gasteiger partial charge < -0.3 is 9.84 Å². The summed E-state index contributed by atoms with van der Waals surface area (Å²) >= 11 is 0. The van der Waals surface area contributed by atoms with E-state index >= 15 is 0 Å². The summed E-state index contributed by atoms with van der Waals surface area (Å²) in [6, 6.07) is 0. The predicted molar refractivity (Wildman–Crippen MR) is 128 cm³/mol. The molecule has 3 atom stereocenters. The number of esters is 1. The van der Waals surface area contributed by atoms with Gasteiger partial charge in [-0.15, -0.1) is 0 Å². The number of carbonyl (C=O) groups excluding carboxylic acids is 1. The van der Waals surface area contributed by atoms with E-state index in [1.54, 1.807) is 0 Å². The minimum Gasteiger partial charge on any atom is -0.481 e. The molecular weight excluding hydrogens is 388 g/mol. The first-order valence-corrected chi connectivity index (χ1v) is 13.4. The molecule has 0 aromatic rings. The fourth-order valence-corrected chi connectivity index (χ4v) is 4.92. The Balaban J connectivity index is 2.22. The fourth-order valence-electron chi connectivity index (χ4n) is 4.92. The number of ether oxygens (including phenoxy) is 1. The van der Waals surface area contributed by atoms with Gasteiger partial charge in [-0.1, -0.05) is 104 Å². The molecule has 1 N–H and O–H groups in total. The van der Waals surface area contributed by atoms with Gasteiger partial charge in [0.2, 0.25) is 0 Å². The van der Waals surface area contributed by atoms with Crippen molar-refractivity contribution < 1.29 is 19.4 Å². The number of unbranched alkanes of at least 4 members (excludes halogenated alkanes) is 11. The van der Waals surface area contributed by atoms with Crippen molar-refractivity contribution in [2.75, 3.05) is 0 Å². The lowest BCUT2D eigenvalue weighted by molar-refractivity contribution is -0.164. The summed E-state index contributed by atoms with van der Waals surface area (Å²) in [6.45, 7) is 6.58. The molecule has 1 aliphatic carbocycles. The molecule has 1 aliphatic rings. The van der Waals surface area contributed by atoms with E-state index in [1.165, 1.54) is 70.6 Å². The quantitative estimate of drug-likeness (QED) is 0.174. The molecule has 0 aromatic carbocycles. The number of aliphatic carboxylic acids is 1. The third-order valence-electron chi connectivity index (χ3n) is 6.78. The monoisotopic (exact) mass is 438 g/mol. The van der Waals surface area contributed by atoms with Gasteiger partial charge in [-0.3, -0.25) is 9.59 Å². The van der Waals surface area contributed by atoms with Crippen LogP contribution in [0, 0.1) is 17.8 Å². The highest BCUT2D eigenvalue weighted by atomic mass is 16.5. The van der Waals surface area contributed by atoms with Crippen LogP contribution in [0.15, 0.2) is 0 Å². The maximum absolute atomic E-state index is 12.7. The molecule has 0 saturated heterocycles. The Morgan fingerprint density at radius 2 is 1.29 bits per heavy atom. The topological polar surface area (TPSA) is 63.6 Å². The van der Waals surface area contributed by atoms with Crippen LogP contribution in [0.2, 0.25) is 0 Å². The predicted octanol–water partition coefficient (Wildman–Crippen LogP) is 7.93. The minimum atomic E-state index is -0.844. The average Bonchev–Trinajstić information content (AvgIpc) is 2.73. The molecule has 1 saturated carbocycles. The second-order valence-corrected chi connectivity index (χ2v) is 10.2. The van der Waals surface area contributed by atoms with Crippen molar-refractivity contribution in [1.82, 2.24) is 0 Å². The Morgan fingerprint density at radius 1 is 0.806 bits per heavy atom. The van der Waals surface area contributed by atoms with Gasteiger partial charge in [0.1, 0.15) is 6.10 Å². The van der Waals surface area contributed by atoms with Gasteiger partial charge in [0, 0.05) is 0 Å². The molecule has 0 radical (unpaired) electrons. The van der Waals surface area contributed by atoms with Gasteiger partial charge in [-0.25, -0.2) is 0 Å². The van der Waals surface area contributed by atoms with E-state index in [9.17, 15) is 14.7 Å². The lowest BCUT2D eigenvalue weighted by atomic mass is 9.79. The normalized spacial score (nSPS) is 20.0. The summed E-state index contributed by atoms with van der Waals surface area (Å²) in [5, 5.41) is 9.46. The van der Waals surface area contributed by atoms with Crippen LogP contribution in [-0.4, -0.2) is 23.1 Å². The Bertz CT molecular complexity index is 474. The molecule has 3 unspecified atom stereocenters. The number of hydrogen-bond donors (Lipinski definition) is 1. The van der Waals surface area contributed by atoms with Gasteiger partial charge in [0.05, 0.1) is 11.8 Å². The van der Waals surface area contributed by atoms with Crippen molar-refractivity contribution >= 4 is 11.9 Å². The highest BCUT2D eigenvalue weighted by Gasteiger charge is 2.37. The molecule has 0 aliphatic heterocycles. The highest BCUT2D eigenvalue weighted by molar-refractivity contribution is 5.81. The molecule has 31 heavy (non-hydrogen) atoms. The zero-order valence-corrected chi connectivity index (χ0v) is 20.7. The van der Waals surface area contributed by atoms with Crippen molar-refractivity contribution in [2.45, 2.75) is 142 Å². The van der Waals surface area contributed by atoms with Gasteiger partial charge in [-0.2, -0.15) is 0 Å². The van der Waals surface area contributed by atoms with E-state index in [0.717, 1.165) is 32.1 Å². The van der Waals surface area contributed by atoms with Gasteiger partial charge in [0.15, 0.2) is 0 Å².